The molecule has 0 atom stereocenters. The molecule has 0 radical (unpaired) electrons. The van der Waals surface area contributed by atoms with Crippen molar-refractivity contribution in [2.45, 2.75) is 4.90 Å². The molecule has 2 aromatic carbocycles. The average Bonchev–Trinajstić information content (AvgIpc) is 2.76. The van der Waals surface area contributed by atoms with Gasteiger partial charge in [0, 0.05) is 28.6 Å². The van der Waals surface area contributed by atoms with E-state index in [-0.39, 0.29) is 5.78 Å². The minimum absolute atomic E-state index is 0.126. The third-order valence-electron chi connectivity index (χ3n) is 3.22. The number of ketones is 1. The largest absolute Gasteiger partial charge is 0.338 e. The lowest BCUT2D eigenvalue weighted by molar-refractivity contribution is 0.104. The van der Waals surface area contributed by atoms with Crippen LogP contribution in [0.3, 0.4) is 0 Å². The molecule has 0 aromatic heterocycles. The van der Waals surface area contributed by atoms with E-state index in [1.807, 2.05) is 36.2 Å². The van der Waals surface area contributed by atoms with Crippen molar-refractivity contribution in [3.05, 3.63) is 69.2 Å². The molecule has 0 saturated carbocycles. The van der Waals surface area contributed by atoms with Gasteiger partial charge in [0.1, 0.15) is 0 Å². The van der Waals surface area contributed by atoms with Crippen molar-refractivity contribution < 1.29 is 4.79 Å². The highest BCUT2D eigenvalue weighted by atomic mass is 35.5. The number of para-hydroxylation sites is 1. The number of thioether (sulfide) groups is 1. The number of halogens is 2. The number of anilines is 1. The maximum atomic E-state index is 12.4. The van der Waals surface area contributed by atoms with Gasteiger partial charge < -0.3 is 4.90 Å². The van der Waals surface area contributed by atoms with E-state index in [9.17, 15) is 4.79 Å². The van der Waals surface area contributed by atoms with Crippen LogP contribution in [-0.2, 0) is 0 Å². The Bertz CT molecular complexity index is 758. The lowest BCUT2D eigenvalue weighted by atomic mass is 10.1. The number of nitrogens with zero attached hydrogens (tertiary/aromatic N) is 1. The molecule has 0 amide bonds. The molecule has 3 rings (SSSR count). The van der Waals surface area contributed by atoms with Crippen LogP contribution in [0.1, 0.15) is 10.4 Å². The normalized spacial score (nSPS) is 15.4. The summed E-state index contributed by atoms with van der Waals surface area (Å²) in [5.74, 6) is -0.126. The third kappa shape index (κ3) is 2.82. The maximum absolute atomic E-state index is 12.4. The summed E-state index contributed by atoms with van der Waals surface area (Å²) in [7, 11) is 1.95. The fraction of sp³-hybridized carbons (Fsp3) is 0.0625. The molecular weight excluding hydrogens is 325 g/mol. The quantitative estimate of drug-likeness (QED) is 0.551. The molecule has 0 saturated heterocycles. The van der Waals surface area contributed by atoms with Gasteiger partial charge in [-0.1, -0.05) is 47.1 Å². The topological polar surface area (TPSA) is 20.3 Å². The lowest BCUT2D eigenvalue weighted by Gasteiger charge is -2.13. The predicted molar refractivity (Wildman–Crippen MR) is 89.6 cm³/mol. The van der Waals surface area contributed by atoms with Crippen LogP contribution in [0, 0.1) is 0 Å². The Morgan fingerprint density at radius 3 is 2.67 bits per heavy atom. The lowest BCUT2D eigenvalue weighted by Crippen LogP contribution is -2.11. The zero-order valence-corrected chi connectivity index (χ0v) is 13.5. The highest BCUT2D eigenvalue weighted by Gasteiger charge is 2.22. The van der Waals surface area contributed by atoms with E-state index < -0.39 is 0 Å². The van der Waals surface area contributed by atoms with Crippen LogP contribution in [0.2, 0.25) is 10.0 Å². The van der Waals surface area contributed by atoms with Crippen molar-refractivity contribution in [2.75, 3.05) is 11.9 Å². The first-order chi connectivity index (χ1) is 10.1. The number of carbonyl (C=O) groups excluding carboxylic acids is 1. The molecule has 0 aliphatic carbocycles. The molecule has 5 heteroatoms. The molecule has 1 aliphatic rings. The molecule has 21 heavy (non-hydrogen) atoms. The van der Waals surface area contributed by atoms with Gasteiger partial charge in [-0.2, -0.15) is 0 Å². The minimum Gasteiger partial charge on any atom is -0.338 e. The highest BCUT2D eigenvalue weighted by Crippen LogP contribution is 2.44. The van der Waals surface area contributed by atoms with Crippen LogP contribution in [0.25, 0.3) is 0 Å². The van der Waals surface area contributed by atoms with E-state index in [4.69, 9.17) is 23.2 Å². The van der Waals surface area contributed by atoms with Gasteiger partial charge in [-0.15, -0.1) is 0 Å². The molecule has 0 spiro atoms. The van der Waals surface area contributed by atoms with Gasteiger partial charge >= 0.3 is 0 Å². The van der Waals surface area contributed by atoms with E-state index in [0.717, 1.165) is 15.6 Å². The van der Waals surface area contributed by atoms with Gasteiger partial charge in [0.25, 0.3) is 0 Å². The van der Waals surface area contributed by atoms with Crippen molar-refractivity contribution in [3.63, 3.8) is 0 Å². The van der Waals surface area contributed by atoms with Crippen molar-refractivity contribution in [1.29, 1.82) is 0 Å². The third-order valence-corrected chi connectivity index (χ3v) is 4.94. The smallest absolute Gasteiger partial charge is 0.189 e. The predicted octanol–water partition coefficient (Wildman–Crippen LogP) is 5.26. The Labute approximate surface area is 137 Å². The van der Waals surface area contributed by atoms with E-state index >= 15 is 0 Å². The highest BCUT2D eigenvalue weighted by molar-refractivity contribution is 8.03. The fourth-order valence-corrected chi connectivity index (χ4v) is 3.71. The zero-order chi connectivity index (χ0) is 15.0. The number of benzene rings is 2. The Balaban J connectivity index is 1.91. The summed E-state index contributed by atoms with van der Waals surface area (Å²) in [6.07, 6.45) is 1.61. The van der Waals surface area contributed by atoms with Gasteiger partial charge in [0.05, 0.1) is 15.7 Å². The minimum atomic E-state index is -0.126. The number of hydrogen-bond donors (Lipinski definition) is 0. The Kier molecular flexibility index (Phi) is 3.98. The molecule has 1 aliphatic heterocycles. The fourth-order valence-electron chi connectivity index (χ4n) is 2.13. The van der Waals surface area contributed by atoms with Crippen molar-refractivity contribution >= 4 is 46.4 Å². The molecule has 2 nitrogen and oxygen atoms in total. The van der Waals surface area contributed by atoms with Crippen LogP contribution >= 0.6 is 35.0 Å². The molecule has 0 fully saturated rings. The molecular formula is C16H11Cl2NOS. The van der Waals surface area contributed by atoms with Crippen LogP contribution in [-0.4, -0.2) is 12.8 Å². The molecule has 0 bridgehead atoms. The monoisotopic (exact) mass is 335 g/mol. The van der Waals surface area contributed by atoms with Gasteiger partial charge in [-0.05, 0) is 30.3 Å². The van der Waals surface area contributed by atoms with Crippen molar-refractivity contribution in [1.82, 2.24) is 0 Å². The van der Waals surface area contributed by atoms with Gasteiger partial charge in [0.2, 0.25) is 0 Å². The Morgan fingerprint density at radius 2 is 1.95 bits per heavy atom. The molecule has 0 unspecified atom stereocenters. The molecule has 0 N–H and O–H groups in total. The first-order valence-electron chi connectivity index (χ1n) is 6.28. The molecule has 1 heterocycles. The van der Waals surface area contributed by atoms with E-state index in [0.29, 0.717) is 15.6 Å². The van der Waals surface area contributed by atoms with Crippen LogP contribution in [0.4, 0.5) is 5.69 Å². The van der Waals surface area contributed by atoms with Crippen LogP contribution < -0.4 is 4.90 Å². The number of hydrogen-bond acceptors (Lipinski definition) is 3. The maximum Gasteiger partial charge on any atom is 0.189 e. The summed E-state index contributed by atoms with van der Waals surface area (Å²) >= 11 is 13.5. The number of allylic oxidation sites excluding steroid dienone is 1. The van der Waals surface area contributed by atoms with Gasteiger partial charge in [-0.3, -0.25) is 4.79 Å². The SMILES string of the molecule is CN1/C(=C/C(=O)c2ccc(Cl)cc2Cl)Sc2ccccc21. The first kappa shape index (κ1) is 14.5. The summed E-state index contributed by atoms with van der Waals surface area (Å²) in [6, 6.07) is 12.9. The Hall–Kier alpha value is -1.42. The second kappa shape index (κ2) is 5.76. The summed E-state index contributed by atoms with van der Waals surface area (Å²) in [5.41, 5.74) is 1.56. The zero-order valence-electron chi connectivity index (χ0n) is 11.1. The number of carbonyl (C=O) groups is 1. The second-order valence-corrected chi connectivity index (χ2v) is 6.51. The standard InChI is InChI=1S/C16H11Cl2NOS/c1-19-13-4-2-3-5-15(13)21-16(19)9-14(20)11-7-6-10(17)8-12(11)18/h2-9H,1H3/b16-9-. The summed E-state index contributed by atoms with van der Waals surface area (Å²) in [4.78, 5) is 15.5. The second-order valence-electron chi connectivity index (χ2n) is 4.60. The first-order valence-corrected chi connectivity index (χ1v) is 7.85. The van der Waals surface area contributed by atoms with Crippen LogP contribution in [0.15, 0.2) is 58.5 Å². The summed E-state index contributed by atoms with van der Waals surface area (Å²) < 4.78 is 0. The Morgan fingerprint density at radius 1 is 1.19 bits per heavy atom. The number of rotatable bonds is 2. The van der Waals surface area contributed by atoms with E-state index in [1.165, 1.54) is 0 Å². The summed E-state index contributed by atoms with van der Waals surface area (Å²) in [5, 5.41) is 1.77. The van der Waals surface area contributed by atoms with Crippen molar-refractivity contribution in [2.24, 2.45) is 0 Å². The van der Waals surface area contributed by atoms with E-state index in [2.05, 4.69) is 0 Å². The van der Waals surface area contributed by atoms with Gasteiger partial charge in [0.15, 0.2) is 5.78 Å². The van der Waals surface area contributed by atoms with Crippen molar-refractivity contribution in [3.8, 4) is 0 Å². The number of fused-ring (bicyclic) bond motifs is 1. The van der Waals surface area contributed by atoms with E-state index in [1.54, 1.807) is 36.0 Å². The summed E-state index contributed by atoms with van der Waals surface area (Å²) in [6.45, 7) is 0. The van der Waals surface area contributed by atoms with Crippen LogP contribution in [0.5, 0.6) is 0 Å². The average molecular weight is 336 g/mol. The molecule has 2 aromatic rings. The molecule has 106 valence electrons. The van der Waals surface area contributed by atoms with Gasteiger partial charge in [-0.25, -0.2) is 0 Å².